The Balaban J connectivity index is 1.98. The number of nitrogens with two attached hydrogens (primary N) is 1. The van der Waals surface area contributed by atoms with E-state index in [0.29, 0.717) is 6.42 Å². The number of aromatic amines is 1. The smallest absolute Gasteiger partial charge is 0.127 e. The van der Waals surface area contributed by atoms with E-state index in [9.17, 15) is 0 Å². The number of aryl methyl sites for hydroxylation is 1. The second-order valence-electron chi connectivity index (χ2n) is 4.87. The first-order valence-corrected chi connectivity index (χ1v) is 6.82. The first kappa shape index (κ1) is 12.8. The minimum Gasteiger partial charge on any atom is -0.348 e. The van der Waals surface area contributed by atoms with Crippen LogP contribution in [-0.4, -0.2) is 24.5 Å². The highest BCUT2D eigenvalue weighted by Gasteiger charge is 2.17. The van der Waals surface area contributed by atoms with Crippen LogP contribution in [0.4, 0.5) is 0 Å². The van der Waals surface area contributed by atoms with Gasteiger partial charge in [0.2, 0.25) is 0 Å². The van der Waals surface area contributed by atoms with Gasteiger partial charge >= 0.3 is 0 Å². The molecule has 0 aliphatic rings. The van der Waals surface area contributed by atoms with Crippen LogP contribution in [0.5, 0.6) is 0 Å². The molecule has 3 aromatic heterocycles. The molecule has 1 unspecified atom stereocenters. The summed E-state index contributed by atoms with van der Waals surface area (Å²) < 4.78 is 2.19. The Hall–Kier alpha value is -2.21. The molecule has 3 heterocycles. The van der Waals surface area contributed by atoms with Crippen LogP contribution in [0, 0.1) is 0 Å². The van der Waals surface area contributed by atoms with Crippen LogP contribution in [0.2, 0.25) is 0 Å². The molecule has 0 amide bonds. The largest absolute Gasteiger partial charge is 0.348 e. The van der Waals surface area contributed by atoms with Gasteiger partial charge in [-0.2, -0.15) is 0 Å². The van der Waals surface area contributed by atoms with E-state index in [2.05, 4.69) is 31.4 Å². The number of nitrogens with one attached hydrogen (secondary N) is 1. The van der Waals surface area contributed by atoms with Crippen molar-refractivity contribution >= 4 is 11.0 Å². The molecular formula is C14H18N6. The van der Waals surface area contributed by atoms with E-state index in [1.54, 1.807) is 24.9 Å². The molecule has 3 aromatic rings. The Bertz CT molecular complexity index is 685. The summed E-state index contributed by atoms with van der Waals surface area (Å²) >= 11 is 0. The first-order chi connectivity index (χ1) is 9.79. The molecule has 0 saturated carbocycles. The predicted octanol–water partition coefficient (Wildman–Crippen LogP) is 1.81. The van der Waals surface area contributed by atoms with Crippen LogP contribution in [0.25, 0.3) is 11.0 Å². The van der Waals surface area contributed by atoms with Gasteiger partial charge in [-0.1, -0.05) is 6.92 Å². The standard InChI is InChI=1S/C14H18N6/c1-2-5-20-13-3-4-16-8-12(13)19-14(20)11(15)6-10-7-17-9-18-10/h3-4,7-9,11H,2,5-6,15H2,1H3,(H,17,18). The lowest BCUT2D eigenvalue weighted by Gasteiger charge is -2.13. The summed E-state index contributed by atoms with van der Waals surface area (Å²) in [5.41, 5.74) is 9.34. The Kier molecular flexibility index (Phi) is 3.47. The second kappa shape index (κ2) is 5.42. The van der Waals surface area contributed by atoms with E-state index in [4.69, 9.17) is 5.73 Å². The summed E-state index contributed by atoms with van der Waals surface area (Å²) in [6.45, 7) is 3.06. The van der Waals surface area contributed by atoms with Gasteiger partial charge in [0.05, 0.1) is 24.1 Å². The van der Waals surface area contributed by atoms with Gasteiger partial charge in [-0.25, -0.2) is 9.97 Å². The minimum atomic E-state index is -0.158. The van der Waals surface area contributed by atoms with E-state index in [-0.39, 0.29) is 6.04 Å². The molecule has 0 aliphatic heterocycles. The van der Waals surface area contributed by atoms with Crippen molar-refractivity contribution in [2.45, 2.75) is 32.4 Å². The highest BCUT2D eigenvalue weighted by molar-refractivity contribution is 5.74. The molecule has 3 rings (SSSR count). The minimum absolute atomic E-state index is 0.158. The molecule has 0 radical (unpaired) electrons. The summed E-state index contributed by atoms with van der Waals surface area (Å²) in [5.74, 6) is 0.907. The maximum atomic E-state index is 6.33. The van der Waals surface area contributed by atoms with Gasteiger partial charge in [0.15, 0.2) is 0 Å². The number of hydrogen-bond acceptors (Lipinski definition) is 4. The van der Waals surface area contributed by atoms with Crippen LogP contribution in [-0.2, 0) is 13.0 Å². The number of H-pyrrole nitrogens is 1. The zero-order valence-corrected chi connectivity index (χ0v) is 11.5. The number of aromatic nitrogens is 5. The molecule has 104 valence electrons. The van der Waals surface area contributed by atoms with Crippen molar-refractivity contribution < 1.29 is 0 Å². The Labute approximate surface area is 117 Å². The molecule has 6 nitrogen and oxygen atoms in total. The van der Waals surface area contributed by atoms with Gasteiger partial charge in [-0.05, 0) is 12.5 Å². The predicted molar refractivity (Wildman–Crippen MR) is 77.0 cm³/mol. The molecule has 0 spiro atoms. The van der Waals surface area contributed by atoms with Crippen molar-refractivity contribution in [2.24, 2.45) is 5.73 Å². The molecule has 6 heteroatoms. The van der Waals surface area contributed by atoms with Crippen molar-refractivity contribution in [1.29, 1.82) is 0 Å². The molecular weight excluding hydrogens is 252 g/mol. The van der Waals surface area contributed by atoms with Crippen LogP contribution in [0.1, 0.15) is 30.9 Å². The third kappa shape index (κ3) is 2.30. The van der Waals surface area contributed by atoms with Gasteiger partial charge in [0, 0.05) is 31.1 Å². The summed E-state index contributed by atoms with van der Waals surface area (Å²) in [7, 11) is 0. The van der Waals surface area contributed by atoms with Crippen molar-refractivity contribution in [1.82, 2.24) is 24.5 Å². The van der Waals surface area contributed by atoms with Crippen molar-refractivity contribution in [3.8, 4) is 0 Å². The number of rotatable bonds is 5. The number of hydrogen-bond donors (Lipinski definition) is 2. The number of imidazole rings is 2. The first-order valence-electron chi connectivity index (χ1n) is 6.82. The van der Waals surface area contributed by atoms with E-state index in [1.807, 2.05) is 6.07 Å². The van der Waals surface area contributed by atoms with Gasteiger partial charge in [0.25, 0.3) is 0 Å². The molecule has 0 aromatic carbocycles. The summed E-state index contributed by atoms with van der Waals surface area (Å²) in [6, 6.07) is 1.83. The highest BCUT2D eigenvalue weighted by atomic mass is 15.1. The monoisotopic (exact) mass is 270 g/mol. The maximum absolute atomic E-state index is 6.33. The third-order valence-corrected chi connectivity index (χ3v) is 3.35. The fourth-order valence-corrected chi connectivity index (χ4v) is 2.47. The molecule has 1 atom stereocenters. The van der Waals surface area contributed by atoms with Gasteiger partial charge in [-0.15, -0.1) is 0 Å². The Morgan fingerprint density at radius 3 is 3.00 bits per heavy atom. The molecule has 0 saturated heterocycles. The van der Waals surface area contributed by atoms with E-state index in [0.717, 1.165) is 35.5 Å². The SMILES string of the molecule is CCCn1c(C(N)Cc2cnc[nH]2)nc2cnccc21. The third-order valence-electron chi connectivity index (χ3n) is 3.35. The van der Waals surface area contributed by atoms with E-state index in [1.165, 1.54) is 0 Å². The fourth-order valence-electron chi connectivity index (χ4n) is 2.47. The van der Waals surface area contributed by atoms with Gasteiger partial charge < -0.3 is 15.3 Å². The number of nitrogens with zero attached hydrogens (tertiary/aromatic N) is 4. The van der Waals surface area contributed by atoms with Crippen molar-refractivity contribution in [2.75, 3.05) is 0 Å². The van der Waals surface area contributed by atoms with Gasteiger partial charge in [-0.3, -0.25) is 4.98 Å². The zero-order chi connectivity index (χ0) is 13.9. The van der Waals surface area contributed by atoms with E-state index < -0.39 is 0 Å². The lowest BCUT2D eigenvalue weighted by atomic mass is 10.1. The summed E-state index contributed by atoms with van der Waals surface area (Å²) in [4.78, 5) is 15.9. The fraction of sp³-hybridized carbons (Fsp3) is 0.357. The van der Waals surface area contributed by atoms with Crippen LogP contribution < -0.4 is 5.73 Å². The average Bonchev–Trinajstić information content (AvgIpc) is 3.07. The molecule has 0 bridgehead atoms. The average molecular weight is 270 g/mol. The Morgan fingerprint density at radius 1 is 1.35 bits per heavy atom. The van der Waals surface area contributed by atoms with Crippen molar-refractivity contribution in [3.05, 3.63) is 42.5 Å². The Morgan fingerprint density at radius 2 is 2.25 bits per heavy atom. The van der Waals surface area contributed by atoms with Crippen LogP contribution >= 0.6 is 0 Å². The maximum Gasteiger partial charge on any atom is 0.127 e. The lowest BCUT2D eigenvalue weighted by molar-refractivity contribution is 0.581. The van der Waals surface area contributed by atoms with Crippen LogP contribution in [0.15, 0.2) is 31.0 Å². The number of fused-ring (bicyclic) bond motifs is 1. The summed E-state index contributed by atoms with van der Waals surface area (Å²) in [5, 5.41) is 0. The van der Waals surface area contributed by atoms with Gasteiger partial charge in [0.1, 0.15) is 11.3 Å². The topological polar surface area (TPSA) is 85.4 Å². The zero-order valence-electron chi connectivity index (χ0n) is 11.5. The van der Waals surface area contributed by atoms with Crippen LogP contribution in [0.3, 0.4) is 0 Å². The molecule has 0 aliphatic carbocycles. The molecule has 0 fully saturated rings. The number of pyridine rings is 1. The quantitative estimate of drug-likeness (QED) is 0.740. The lowest BCUT2D eigenvalue weighted by Crippen LogP contribution is -2.19. The molecule has 20 heavy (non-hydrogen) atoms. The van der Waals surface area contributed by atoms with E-state index >= 15 is 0 Å². The highest BCUT2D eigenvalue weighted by Crippen LogP contribution is 2.21. The second-order valence-corrected chi connectivity index (χ2v) is 4.87. The molecule has 3 N–H and O–H groups in total. The summed E-state index contributed by atoms with van der Waals surface area (Å²) in [6.07, 6.45) is 8.78. The normalized spacial score (nSPS) is 12.9. The van der Waals surface area contributed by atoms with Crippen molar-refractivity contribution in [3.63, 3.8) is 0 Å².